The maximum Gasteiger partial charge on any atom is 0.407 e. The van der Waals surface area contributed by atoms with Gasteiger partial charge < -0.3 is 20.0 Å². The molecule has 0 aliphatic carbocycles. The number of carboxylic acids is 1. The molecule has 0 spiro atoms. The van der Waals surface area contributed by atoms with Crippen molar-refractivity contribution in [3.8, 4) is 0 Å². The third kappa shape index (κ3) is 7.26. The molecule has 132 valence electrons. The molecule has 0 heterocycles. The Hall–Kier alpha value is -2.37. The van der Waals surface area contributed by atoms with Gasteiger partial charge >= 0.3 is 12.1 Å². The summed E-state index contributed by atoms with van der Waals surface area (Å²) in [6, 6.07) is 9.29. The number of carbonyl (C=O) groups excluding carboxylic acids is 2. The number of ether oxygens (including phenoxy) is 1. The average Bonchev–Trinajstić information content (AvgIpc) is 2.57. The first-order valence-corrected chi connectivity index (χ1v) is 8.15. The molecule has 0 aliphatic heterocycles. The van der Waals surface area contributed by atoms with Crippen LogP contribution in [0, 0.1) is 0 Å². The van der Waals surface area contributed by atoms with Crippen LogP contribution in [0.5, 0.6) is 0 Å². The van der Waals surface area contributed by atoms with Crippen LogP contribution in [0.15, 0.2) is 30.3 Å². The third-order valence-corrected chi connectivity index (χ3v) is 3.87. The monoisotopic (exact) mass is 335 g/mol. The molecule has 0 radical (unpaired) electrons. The highest BCUT2D eigenvalue weighted by Crippen LogP contribution is 2.25. The molecule has 6 nitrogen and oxygen atoms in total. The Kier molecular flexibility index (Phi) is 8.54. The average molecular weight is 335 g/mol. The van der Waals surface area contributed by atoms with Gasteiger partial charge in [0.1, 0.15) is 12.9 Å². The molecule has 1 rings (SSSR count). The number of aldehydes is 1. The highest BCUT2D eigenvalue weighted by molar-refractivity contribution is 5.69. The van der Waals surface area contributed by atoms with Gasteiger partial charge in [0.05, 0.1) is 0 Å². The minimum Gasteiger partial charge on any atom is -0.481 e. The number of aliphatic carboxylic acids is 1. The third-order valence-electron chi connectivity index (χ3n) is 3.87. The molecule has 0 bridgehead atoms. The molecule has 0 aliphatic rings. The zero-order valence-electron chi connectivity index (χ0n) is 14.0. The fourth-order valence-corrected chi connectivity index (χ4v) is 2.70. The number of benzene rings is 1. The molecule has 0 aromatic heterocycles. The van der Waals surface area contributed by atoms with E-state index in [1.165, 1.54) is 0 Å². The fraction of sp³-hybridized carbons (Fsp3) is 0.500. The van der Waals surface area contributed by atoms with E-state index in [-0.39, 0.29) is 25.9 Å². The molecule has 1 amide bonds. The first-order chi connectivity index (χ1) is 11.5. The van der Waals surface area contributed by atoms with Gasteiger partial charge in [0.2, 0.25) is 0 Å². The normalized spacial score (nSPS) is 12.9. The summed E-state index contributed by atoms with van der Waals surface area (Å²) in [4.78, 5) is 33.8. The van der Waals surface area contributed by atoms with Crippen molar-refractivity contribution < 1.29 is 24.2 Å². The molecular weight excluding hydrogens is 310 g/mol. The largest absolute Gasteiger partial charge is 0.481 e. The van der Waals surface area contributed by atoms with Gasteiger partial charge in [-0.2, -0.15) is 0 Å². The summed E-state index contributed by atoms with van der Waals surface area (Å²) in [5.74, 6) is -0.930. The van der Waals surface area contributed by atoms with Crippen LogP contribution in [0.25, 0.3) is 0 Å². The quantitative estimate of drug-likeness (QED) is 0.605. The lowest BCUT2D eigenvalue weighted by Crippen LogP contribution is -2.49. The van der Waals surface area contributed by atoms with Gasteiger partial charge in [-0.15, -0.1) is 0 Å². The van der Waals surface area contributed by atoms with Crippen LogP contribution in [-0.2, 0) is 20.9 Å². The molecule has 1 aromatic carbocycles. The van der Waals surface area contributed by atoms with Crippen LogP contribution in [0.3, 0.4) is 0 Å². The van der Waals surface area contributed by atoms with E-state index < -0.39 is 17.6 Å². The Morgan fingerprint density at radius 1 is 1.21 bits per heavy atom. The molecule has 1 unspecified atom stereocenters. The van der Waals surface area contributed by atoms with Crippen molar-refractivity contribution in [3.63, 3.8) is 0 Å². The van der Waals surface area contributed by atoms with Crippen LogP contribution in [0.4, 0.5) is 4.79 Å². The first-order valence-electron chi connectivity index (χ1n) is 8.15. The SMILES string of the molecule is CCCC(CCC=O)(CCC(=O)O)NC(=O)OCc1ccccc1. The summed E-state index contributed by atoms with van der Waals surface area (Å²) in [7, 11) is 0. The summed E-state index contributed by atoms with van der Waals surface area (Å²) >= 11 is 0. The number of hydrogen-bond acceptors (Lipinski definition) is 4. The van der Waals surface area contributed by atoms with Crippen molar-refractivity contribution in [2.45, 2.75) is 57.6 Å². The molecule has 24 heavy (non-hydrogen) atoms. The van der Waals surface area contributed by atoms with Crippen LogP contribution >= 0.6 is 0 Å². The lowest BCUT2D eigenvalue weighted by atomic mass is 9.84. The van der Waals surface area contributed by atoms with Crippen molar-refractivity contribution in [2.75, 3.05) is 0 Å². The molecule has 2 N–H and O–H groups in total. The van der Waals surface area contributed by atoms with Crippen molar-refractivity contribution in [2.24, 2.45) is 0 Å². The lowest BCUT2D eigenvalue weighted by Gasteiger charge is -2.33. The summed E-state index contributed by atoms with van der Waals surface area (Å²) in [5, 5.41) is 11.8. The second-order valence-electron chi connectivity index (χ2n) is 5.82. The van der Waals surface area contributed by atoms with Gasteiger partial charge in [-0.1, -0.05) is 43.7 Å². The Morgan fingerprint density at radius 2 is 1.92 bits per heavy atom. The minimum absolute atomic E-state index is 0.0716. The smallest absolute Gasteiger partial charge is 0.407 e. The van der Waals surface area contributed by atoms with Gasteiger partial charge in [-0.25, -0.2) is 4.79 Å². The van der Waals surface area contributed by atoms with E-state index in [1.54, 1.807) is 0 Å². The lowest BCUT2D eigenvalue weighted by molar-refractivity contribution is -0.137. The number of nitrogens with one attached hydrogen (secondary N) is 1. The number of carbonyl (C=O) groups is 3. The van der Waals surface area contributed by atoms with Crippen molar-refractivity contribution in [1.82, 2.24) is 5.32 Å². The summed E-state index contributed by atoms with van der Waals surface area (Å²) in [6.45, 7) is 2.09. The topological polar surface area (TPSA) is 92.7 Å². The van der Waals surface area contributed by atoms with Gasteiger partial charge in [-0.3, -0.25) is 4.79 Å². The summed E-state index contributed by atoms with van der Waals surface area (Å²) in [5.41, 5.74) is 0.133. The van der Waals surface area contributed by atoms with Crippen LogP contribution in [0.2, 0.25) is 0 Å². The number of hydrogen-bond donors (Lipinski definition) is 2. The maximum absolute atomic E-state index is 12.1. The van der Waals surface area contributed by atoms with Crippen LogP contribution < -0.4 is 5.32 Å². The second-order valence-corrected chi connectivity index (χ2v) is 5.82. The summed E-state index contributed by atoms with van der Waals surface area (Å²) < 4.78 is 5.23. The molecule has 0 saturated heterocycles. The molecular formula is C18H25NO5. The predicted molar refractivity (Wildman–Crippen MR) is 89.6 cm³/mol. The van der Waals surface area contributed by atoms with E-state index in [0.717, 1.165) is 18.3 Å². The molecule has 1 aromatic rings. The van der Waals surface area contributed by atoms with Crippen molar-refractivity contribution in [3.05, 3.63) is 35.9 Å². The van der Waals surface area contributed by atoms with E-state index >= 15 is 0 Å². The Morgan fingerprint density at radius 3 is 2.50 bits per heavy atom. The van der Waals surface area contributed by atoms with E-state index in [1.807, 2.05) is 37.3 Å². The number of amides is 1. The van der Waals surface area contributed by atoms with Crippen molar-refractivity contribution in [1.29, 1.82) is 0 Å². The highest BCUT2D eigenvalue weighted by Gasteiger charge is 2.31. The molecule has 0 saturated carbocycles. The number of rotatable bonds is 11. The zero-order valence-corrected chi connectivity index (χ0v) is 14.0. The Bertz CT molecular complexity index is 531. The molecule has 1 atom stereocenters. The van der Waals surface area contributed by atoms with Crippen LogP contribution in [-0.4, -0.2) is 29.0 Å². The molecule has 0 fully saturated rings. The highest BCUT2D eigenvalue weighted by atomic mass is 16.5. The predicted octanol–water partition coefficient (Wildman–Crippen LogP) is 3.30. The van der Waals surface area contributed by atoms with E-state index in [9.17, 15) is 14.4 Å². The van der Waals surface area contributed by atoms with E-state index in [0.29, 0.717) is 12.8 Å². The maximum atomic E-state index is 12.1. The van der Waals surface area contributed by atoms with E-state index in [2.05, 4.69) is 5.32 Å². The second kappa shape index (κ2) is 10.4. The number of alkyl carbamates (subject to hydrolysis) is 1. The first kappa shape index (κ1) is 19.7. The summed E-state index contributed by atoms with van der Waals surface area (Å²) in [6.07, 6.45) is 2.40. The minimum atomic E-state index is -0.930. The van der Waals surface area contributed by atoms with Crippen molar-refractivity contribution >= 4 is 18.3 Å². The van der Waals surface area contributed by atoms with E-state index in [4.69, 9.17) is 9.84 Å². The molecule has 6 heteroatoms. The Balaban J connectivity index is 2.70. The van der Waals surface area contributed by atoms with Gasteiger partial charge in [0.15, 0.2) is 0 Å². The fourth-order valence-electron chi connectivity index (χ4n) is 2.70. The number of carboxylic acid groups (broad SMARTS) is 1. The van der Waals surface area contributed by atoms with Crippen LogP contribution in [0.1, 0.15) is 51.0 Å². The van der Waals surface area contributed by atoms with Gasteiger partial charge in [0.25, 0.3) is 0 Å². The standard InChI is InChI=1S/C18H25NO5/c1-2-10-18(11-6-13-20,12-9-16(21)22)19-17(23)24-14-15-7-4-3-5-8-15/h3-5,7-8,13H,2,6,9-12,14H2,1H3,(H,19,23)(H,21,22). The van der Waals surface area contributed by atoms with Gasteiger partial charge in [0, 0.05) is 18.4 Å². The zero-order chi connectivity index (χ0) is 17.8. The Labute approximate surface area is 142 Å². The van der Waals surface area contributed by atoms with Gasteiger partial charge in [-0.05, 0) is 24.8 Å².